The van der Waals surface area contributed by atoms with E-state index < -0.39 is 6.09 Å². The maximum absolute atomic E-state index is 11.8. The summed E-state index contributed by atoms with van der Waals surface area (Å²) in [6, 6.07) is 7.99. The van der Waals surface area contributed by atoms with E-state index in [0.717, 1.165) is 31.1 Å². The van der Waals surface area contributed by atoms with Crippen molar-refractivity contribution in [1.82, 2.24) is 5.32 Å². The zero-order chi connectivity index (χ0) is 21.8. The number of benzene rings is 1. The summed E-state index contributed by atoms with van der Waals surface area (Å²) in [5.74, 6) is 4.32. The van der Waals surface area contributed by atoms with Crippen LogP contribution in [0.25, 0.3) is 0 Å². The quantitative estimate of drug-likeness (QED) is 0.665. The van der Waals surface area contributed by atoms with Gasteiger partial charge in [0, 0.05) is 19.5 Å². The van der Waals surface area contributed by atoms with Gasteiger partial charge in [0.2, 0.25) is 0 Å². The number of nitrogens with two attached hydrogens (primary N) is 1. The van der Waals surface area contributed by atoms with E-state index in [-0.39, 0.29) is 11.2 Å². The van der Waals surface area contributed by atoms with Crippen molar-refractivity contribution in [2.75, 3.05) is 13.1 Å². The number of hydrogen-bond donors (Lipinski definition) is 2. The van der Waals surface area contributed by atoms with Crippen molar-refractivity contribution in [1.29, 1.82) is 0 Å². The summed E-state index contributed by atoms with van der Waals surface area (Å²) >= 11 is 0. The topological polar surface area (TPSA) is 82.8 Å². The van der Waals surface area contributed by atoms with Crippen LogP contribution in [0, 0.1) is 23.7 Å². The van der Waals surface area contributed by atoms with Gasteiger partial charge in [-0.15, -0.1) is 0 Å². The molecule has 6 fully saturated rings. The molecular weight excluding hydrogens is 404 g/mol. The smallest absolute Gasteiger partial charge is 0.410 e. The van der Waals surface area contributed by atoms with Crippen molar-refractivity contribution < 1.29 is 19.3 Å². The van der Waals surface area contributed by atoms with Gasteiger partial charge in [-0.1, -0.05) is 12.1 Å². The maximum atomic E-state index is 11.8. The lowest BCUT2D eigenvalue weighted by Gasteiger charge is -2.58. The Balaban J connectivity index is 1.13. The Labute approximate surface area is 190 Å². The van der Waals surface area contributed by atoms with Gasteiger partial charge in [0.05, 0.1) is 0 Å². The fourth-order valence-corrected chi connectivity index (χ4v) is 8.11. The molecule has 7 rings (SSSR count). The molecule has 32 heavy (non-hydrogen) atoms. The first kappa shape index (κ1) is 20.9. The summed E-state index contributed by atoms with van der Waals surface area (Å²) in [7, 11) is 0. The van der Waals surface area contributed by atoms with E-state index in [1.165, 1.54) is 50.5 Å². The van der Waals surface area contributed by atoms with Gasteiger partial charge in [0.15, 0.2) is 0 Å². The number of nitrogens with one attached hydrogen (secondary N) is 1. The molecule has 1 aromatic carbocycles. The van der Waals surface area contributed by atoms with E-state index in [4.69, 9.17) is 20.2 Å². The van der Waals surface area contributed by atoms with Crippen LogP contribution in [-0.4, -0.2) is 30.4 Å². The average Bonchev–Trinajstić information content (AvgIpc) is 3.15. The number of hydrogen-bond acceptors (Lipinski definition) is 5. The lowest BCUT2D eigenvalue weighted by atomic mass is 9.48. The molecule has 0 aromatic heterocycles. The first-order valence-electron chi connectivity index (χ1n) is 12.7. The Bertz CT molecular complexity index is 828. The summed E-state index contributed by atoms with van der Waals surface area (Å²) in [5, 5.41) is 2.63. The van der Waals surface area contributed by atoms with Gasteiger partial charge < -0.3 is 15.8 Å². The summed E-state index contributed by atoms with van der Waals surface area (Å²) in [5.41, 5.74) is 6.57. The number of carbonyl (C=O) groups is 1. The highest BCUT2D eigenvalue weighted by Crippen LogP contribution is 2.65. The lowest BCUT2D eigenvalue weighted by molar-refractivity contribution is -0.385. The van der Waals surface area contributed by atoms with E-state index in [1.54, 1.807) is 0 Å². The minimum absolute atomic E-state index is 0.0100. The predicted molar refractivity (Wildman–Crippen MR) is 120 cm³/mol. The molecular formula is C26H36N2O4. The predicted octanol–water partition coefficient (Wildman–Crippen LogP) is 4.68. The normalized spacial score (nSPS) is 42.0. The highest BCUT2D eigenvalue weighted by Gasteiger charge is 2.65. The number of rotatable bonds is 4. The van der Waals surface area contributed by atoms with Crippen LogP contribution < -0.4 is 15.8 Å². The summed E-state index contributed by atoms with van der Waals surface area (Å²) in [6.07, 6.45) is 12.0. The third-order valence-corrected chi connectivity index (χ3v) is 9.27. The molecule has 2 atom stereocenters. The lowest BCUT2D eigenvalue weighted by Crippen LogP contribution is -2.58. The molecule has 6 nitrogen and oxygen atoms in total. The molecule has 3 N–H and O–H groups in total. The second kappa shape index (κ2) is 8.00. The van der Waals surface area contributed by atoms with Crippen LogP contribution >= 0.6 is 0 Å². The minimum atomic E-state index is -0.461. The Morgan fingerprint density at radius 3 is 2.47 bits per heavy atom. The number of ether oxygens (including phenoxy) is 1. The van der Waals surface area contributed by atoms with E-state index in [2.05, 4.69) is 17.4 Å². The van der Waals surface area contributed by atoms with Crippen LogP contribution in [0.3, 0.4) is 0 Å². The van der Waals surface area contributed by atoms with Crippen LogP contribution in [0.2, 0.25) is 0 Å². The van der Waals surface area contributed by atoms with E-state index >= 15 is 0 Å². The Morgan fingerprint density at radius 2 is 1.78 bits per heavy atom. The van der Waals surface area contributed by atoms with E-state index in [0.29, 0.717) is 36.6 Å². The number of amides is 1. The standard InChI is InChI=1S/C26H36N2O4/c27-8-9-28-24(29)30-23-5-3-19(4-6-23)20-2-1-7-25(15-20)16-26(32-31-25)21-11-17-10-18(13-21)14-22(26)12-17/h3-6,17-18,20-22H,1-2,7-16,27H2,(H,28,29)/t17?,18?,20?,21?,22?,25-,26?/m1/s1. The summed E-state index contributed by atoms with van der Waals surface area (Å²) in [4.78, 5) is 24.5. The van der Waals surface area contributed by atoms with Crippen molar-refractivity contribution in [3.8, 4) is 5.75 Å². The van der Waals surface area contributed by atoms with E-state index in [1.807, 2.05) is 12.1 Å². The van der Waals surface area contributed by atoms with Crippen molar-refractivity contribution in [3.05, 3.63) is 29.8 Å². The van der Waals surface area contributed by atoms with Crippen molar-refractivity contribution >= 4 is 6.09 Å². The van der Waals surface area contributed by atoms with Gasteiger partial charge in [-0.05, 0) is 105 Å². The van der Waals surface area contributed by atoms with Gasteiger partial charge >= 0.3 is 6.09 Å². The Morgan fingerprint density at radius 1 is 1.06 bits per heavy atom. The Kier molecular flexibility index (Phi) is 5.23. The molecule has 1 unspecified atom stereocenters. The monoisotopic (exact) mass is 440 g/mol. The molecule has 1 saturated heterocycles. The summed E-state index contributed by atoms with van der Waals surface area (Å²) in [6.45, 7) is 0.806. The van der Waals surface area contributed by atoms with Crippen LogP contribution in [0.15, 0.2) is 24.3 Å². The first-order valence-corrected chi connectivity index (χ1v) is 12.7. The third kappa shape index (κ3) is 3.55. The molecule has 0 radical (unpaired) electrons. The second-order valence-corrected chi connectivity index (χ2v) is 11.3. The van der Waals surface area contributed by atoms with Crippen LogP contribution in [0.1, 0.15) is 75.7 Å². The first-order chi connectivity index (χ1) is 15.6. The molecule has 1 amide bonds. The maximum Gasteiger partial charge on any atom is 0.412 e. The highest BCUT2D eigenvalue weighted by molar-refractivity contribution is 5.70. The molecule has 6 aliphatic rings. The summed E-state index contributed by atoms with van der Waals surface area (Å²) < 4.78 is 5.33. The second-order valence-electron chi connectivity index (χ2n) is 11.3. The Hall–Kier alpha value is -1.63. The van der Waals surface area contributed by atoms with Crippen molar-refractivity contribution in [2.24, 2.45) is 29.4 Å². The van der Waals surface area contributed by atoms with Gasteiger partial charge in [0.25, 0.3) is 0 Å². The molecule has 4 bridgehead atoms. The zero-order valence-corrected chi connectivity index (χ0v) is 18.9. The molecule has 2 spiro atoms. The zero-order valence-electron chi connectivity index (χ0n) is 18.9. The SMILES string of the molecule is NCCNC(=O)Oc1ccc(C2CCC[C@@]3(C2)CC2(OO3)C3CC4CC(C3)CC2C4)cc1. The average molecular weight is 441 g/mol. The molecule has 1 heterocycles. The molecule has 1 aliphatic heterocycles. The highest BCUT2D eigenvalue weighted by atomic mass is 17.2. The van der Waals surface area contributed by atoms with Gasteiger partial charge in [-0.2, -0.15) is 0 Å². The van der Waals surface area contributed by atoms with Gasteiger partial charge in [-0.25, -0.2) is 14.6 Å². The molecule has 174 valence electrons. The van der Waals surface area contributed by atoms with Crippen LogP contribution in [-0.2, 0) is 9.78 Å². The largest absolute Gasteiger partial charge is 0.412 e. The molecule has 6 heteroatoms. The third-order valence-electron chi connectivity index (χ3n) is 9.27. The molecule has 5 aliphatic carbocycles. The number of carbonyl (C=O) groups excluding carboxylic acids is 1. The minimum Gasteiger partial charge on any atom is -0.410 e. The fourth-order valence-electron chi connectivity index (χ4n) is 8.11. The van der Waals surface area contributed by atoms with Gasteiger partial charge in [0.1, 0.15) is 17.0 Å². The van der Waals surface area contributed by atoms with Gasteiger partial charge in [-0.3, -0.25) is 0 Å². The van der Waals surface area contributed by atoms with Crippen molar-refractivity contribution in [3.63, 3.8) is 0 Å². The molecule has 1 aromatic rings. The van der Waals surface area contributed by atoms with E-state index in [9.17, 15) is 4.79 Å². The molecule has 5 saturated carbocycles. The van der Waals surface area contributed by atoms with Crippen molar-refractivity contribution in [2.45, 2.75) is 81.3 Å². The fraction of sp³-hybridized carbons (Fsp3) is 0.731. The van der Waals surface area contributed by atoms with Crippen LogP contribution in [0.5, 0.6) is 5.75 Å². The van der Waals surface area contributed by atoms with Crippen LogP contribution in [0.4, 0.5) is 4.79 Å².